The molecule has 1 aromatic carbocycles. The average molecular weight is 468 g/mol. The minimum atomic E-state index is -0.0662. The van der Waals surface area contributed by atoms with Crippen molar-refractivity contribution in [3.8, 4) is 0 Å². The van der Waals surface area contributed by atoms with Gasteiger partial charge < -0.3 is 11.1 Å². The SMILES string of the molecule is Cc1c(CN=C(N)NC(C)c2ccc(Cl)cc2Cl)cnn1C.I. The van der Waals surface area contributed by atoms with Crippen LogP contribution in [0.2, 0.25) is 10.0 Å². The first-order valence-corrected chi connectivity index (χ1v) is 7.63. The van der Waals surface area contributed by atoms with E-state index in [0.29, 0.717) is 22.5 Å². The number of nitrogens with two attached hydrogens (primary N) is 1. The van der Waals surface area contributed by atoms with Crippen LogP contribution in [0.4, 0.5) is 0 Å². The lowest BCUT2D eigenvalue weighted by Gasteiger charge is -2.16. The third kappa shape index (κ3) is 5.26. The van der Waals surface area contributed by atoms with Gasteiger partial charge in [0.15, 0.2) is 5.96 Å². The second kappa shape index (κ2) is 8.75. The van der Waals surface area contributed by atoms with E-state index in [1.807, 2.05) is 31.6 Å². The van der Waals surface area contributed by atoms with Gasteiger partial charge in [0.05, 0.1) is 18.8 Å². The van der Waals surface area contributed by atoms with Gasteiger partial charge in [-0.1, -0.05) is 29.3 Å². The van der Waals surface area contributed by atoms with E-state index in [0.717, 1.165) is 16.8 Å². The van der Waals surface area contributed by atoms with E-state index >= 15 is 0 Å². The first-order valence-electron chi connectivity index (χ1n) is 6.87. The smallest absolute Gasteiger partial charge is 0.189 e. The van der Waals surface area contributed by atoms with Crippen molar-refractivity contribution in [3.63, 3.8) is 0 Å². The molecule has 0 amide bonds. The molecule has 0 aliphatic carbocycles. The maximum atomic E-state index is 6.19. The summed E-state index contributed by atoms with van der Waals surface area (Å²) in [6.07, 6.45) is 1.80. The molecule has 0 radical (unpaired) electrons. The zero-order valence-corrected chi connectivity index (χ0v) is 17.0. The first kappa shape index (κ1) is 20.1. The fourth-order valence-corrected chi connectivity index (χ4v) is 2.64. The van der Waals surface area contributed by atoms with Crippen LogP contribution in [0.25, 0.3) is 0 Å². The molecular weight excluding hydrogens is 448 g/mol. The van der Waals surface area contributed by atoms with Crippen molar-refractivity contribution in [1.29, 1.82) is 0 Å². The highest BCUT2D eigenvalue weighted by atomic mass is 127. The molecule has 5 nitrogen and oxygen atoms in total. The fourth-order valence-electron chi connectivity index (χ4n) is 2.07. The zero-order chi connectivity index (χ0) is 16.3. The summed E-state index contributed by atoms with van der Waals surface area (Å²) >= 11 is 12.1. The van der Waals surface area contributed by atoms with E-state index < -0.39 is 0 Å². The molecule has 1 aromatic heterocycles. The molecule has 2 rings (SSSR count). The normalized spacial score (nSPS) is 12.7. The van der Waals surface area contributed by atoms with Gasteiger partial charge in [-0.05, 0) is 31.5 Å². The van der Waals surface area contributed by atoms with Crippen molar-refractivity contribution in [2.75, 3.05) is 0 Å². The Morgan fingerprint density at radius 3 is 2.70 bits per heavy atom. The summed E-state index contributed by atoms with van der Waals surface area (Å²) in [7, 11) is 1.90. The number of hydrogen-bond donors (Lipinski definition) is 2. The van der Waals surface area contributed by atoms with Crippen LogP contribution in [0.5, 0.6) is 0 Å². The lowest BCUT2D eigenvalue weighted by Crippen LogP contribution is -2.34. The monoisotopic (exact) mass is 467 g/mol. The van der Waals surface area contributed by atoms with Crippen molar-refractivity contribution >= 4 is 53.1 Å². The van der Waals surface area contributed by atoms with Crippen LogP contribution in [0.15, 0.2) is 29.4 Å². The Labute approximate surface area is 163 Å². The van der Waals surface area contributed by atoms with Crippen LogP contribution in [-0.2, 0) is 13.6 Å². The maximum absolute atomic E-state index is 6.19. The third-order valence-corrected chi connectivity index (χ3v) is 4.11. The van der Waals surface area contributed by atoms with Gasteiger partial charge in [0.25, 0.3) is 0 Å². The third-order valence-electron chi connectivity index (χ3n) is 3.55. The van der Waals surface area contributed by atoms with Crippen molar-refractivity contribution in [1.82, 2.24) is 15.1 Å². The molecule has 0 saturated carbocycles. The maximum Gasteiger partial charge on any atom is 0.189 e. The number of rotatable bonds is 4. The number of benzene rings is 1. The minimum absolute atomic E-state index is 0. The summed E-state index contributed by atoms with van der Waals surface area (Å²) in [4.78, 5) is 4.34. The predicted molar refractivity (Wildman–Crippen MR) is 107 cm³/mol. The van der Waals surface area contributed by atoms with Crippen molar-refractivity contribution < 1.29 is 0 Å². The molecule has 126 valence electrons. The lowest BCUT2D eigenvalue weighted by molar-refractivity contribution is 0.707. The van der Waals surface area contributed by atoms with Crippen molar-refractivity contribution in [2.24, 2.45) is 17.8 Å². The highest BCUT2D eigenvalue weighted by Crippen LogP contribution is 2.25. The Hall–Kier alpha value is -0.990. The van der Waals surface area contributed by atoms with Crippen molar-refractivity contribution in [3.05, 3.63) is 51.3 Å². The summed E-state index contributed by atoms with van der Waals surface area (Å²) in [5, 5.41) is 8.51. The Morgan fingerprint density at radius 1 is 1.43 bits per heavy atom. The molecule has 0 aliphatic heterocycles. The molecule has 3 N–H and O–H groups in total. The van der Waals surface area contributed by atoms with Crippen LogP contribution >= 0.6 is 47.2 Å². The van der Waals surface area contributed by atoms with Crippen LogP contribution < -0.4 is 11.1 Å². The Morgan fingerprint density at radius 2 is 2.13 bits per heavy atom. The van der Waals surface area contributed by atoms with E-state index in [9.17, 15) is 0 Å². The van der Waals surface area contributed by atoms with E-state index in [1.165, 1.54) is 0 Å². The Kier molecular flexibility index (Phi) is 7.63. The molecule has 0 saturated heterocycles. The molecular formula is C15H20Cl2IN5. The molecule has 8 heteroatoms. The van der Waals surface area contributed by atoms with Gasteiger partial charge in [-0.2, -0.15) is 5.10 Å². The van der Waals surface area contributed by atoms with E-state index in [-0.39, 0.29) is 30.0 Å². The van der Waals surface area contributed by atoms with Crippen molar-refractivity contribution in [2.45, 2.75) is 26.4 Å². The van der Waals surface area contributed by atoms with Crippen LogP contribution in [0, 0.1) is 6.92 Å². The highest BCUT2D eigenvalue weighted by Gasteiger charge is 2.11. The molecule has 1 unspecified atom stereocenters. The minimum Gasteiger partial charge on any atom is -0.370 e. The van der Waals surface area contributed by atoms with E-state index in [2.05, 4.69) is 15.4 Å². The molecule has 0 fully saturated rings. The predicted octanol–water partition coefficient (Wildman–Crippen LogP) is 3.82. The molecule has 2 aromatic rings. The molecule has 23 heavy (non-hydrogen) atoms. The van der Waals surface area contributed by atoms with E-state index in [1.54, 1.807) is 18.3 Å². The van der Waals surface area contributed by atoms with Gasteiger partial charge in [-0.3, -0.25) is 4.68 Å². The standard InChI is InChI=1S/C15H19Cl2N5.HI/c1-9(13-5-4-12(16)6-14(13)17)21-15(18)19-7-11-8-20-22(3)10(11)2;/h4-6,8-9H,7H2,1-3H3,(H3,18,19,21);1H. The Bertz CT molecular complexity index is 699. The lowest BCUT2D eigenvalue weighted by atomic mass is 10.1. The number of nitrogens with zero attached hydrogens (tertiary/aromatic N) is 3. The second-order valence-electron chi connectivity index (χ2n) is 5.11. The van der Waals surface area contributed by atoms with Gasteiger partial charge >= 0.3 is 0 Å². The highest BCUT2D eigenvalue weighted by molar-refractivity contribution is 14.0. The van der Waals surface area contributed by atoms with Gasteiger partial charge in [0.1, 0.15) is 0 Å². The summed E-state index contributed by atoms with van der Waals surface area (Å²) < 4.78 is 1.81. The van der Waals surface area contributed by atoms with Gasteiger partial charge in [-0.25, -0.2) is 4.99 Å². The summed E-state index contributed by atoms with van der Waals surface area (Å²) in [6, 6.07) is 5.32. The summed E-state index contributed by atoms with van der Waals surface area (Å²) in [5.41, 5.74) is 8.98. The molecule has 0 spiro atoms. The van der Waals surface area contributed by atoms with Gasteiger partial charge in [0.2, 0.25) is 0 Å². The molecule has 0 aliphatic rings. The number of aryl methyl sites for hydroxylation is 1. The second-order valence-corrected chi connectivity index (χ2v) is 5.96. The first-order chi connectivity index (χ1) is 10.4. The number of guanidine groups is 1. The topological polar surface area (TPSA) is 68.2 Å². The molecule has 0 bridgehead atoms. The molecule has 1 atom stereocenters. The number of aromatic nitrogens is 2. The van der Waals surface area contributed by atoms with E-state index in [4.69, 9.17) is 28.9 Å². The number of aliphatic imine (C=N–C) groups is 1. The number of hydrogen-bond acceptors (Lipinski definition) is 2. The zero-order valence-electron chi connectivity index (χ0n) is 13.2. The van der Waals surface area contributed by atoms with Crippen LogP contribution in [0.1, 0.15) is 29.8 Å². The average Bonchev–Trinajstić information content (AvgIpc) is 2.76. The largest absolute Gasteiger partial charge is 0.370 e. The number of nitrogens with one attached hydrogen (secondary N) is 1. The Balaban J connectivity index is 0.00000264. The van der Waals surface area contributed by atoms with Gasteiger partial charge in [-0.15, -0.1) is 24.0 Å². The summed E-state index contributed by atoms with van der Waals surface area (Å²) in [5.74, 6) is 0.363. The fraction of sp³-hybridized carbons (Fsp3) is 0.333. The van der Waals surface area contributed by atoms with Crippen LogP contribution in [0.3, 0.4) is 0 Å². The van der Waals surface area contributed by atoms with Crippen LogP contribution in [-0.4, -0.2) is 15.7 Å². The number of halogens is 3. The molecule has 1 heterocycles. The van der Waals surface area contributed by atoms with Gasteiger partial charge in [0, 0.05) is 28.4 Å². The summed E-state index contributed by atoms with van der Waals surface area (Å²) in [6.45, 7) is 4.45. The quantitative estimate of drug-likeness (QED) is 0.408.